The summed E-state index contributed by atoms with van der Waals surface area (Å²) in [4.78, 5) is 9.30. The second-order valence-electron chi connectivity index (χ2n) is 5.70. The Morgan fingerprint density at radius 2 is 1.89 bits per heavy atom. The van der Waals surface area contributed by atoms with Gasteiger partial charge in [-0.2, -0.15) is 0 Å². The van der Waals surface area contributed by atoms with E-state index < -0.39 is 0 Å². The minimum atomic E-state index is 0.785. The number of anilines is 1. The predicted molar refractivity (Wildman–Crippen MR) is 79.3 cm³/mol. The van der Waals surface area contributed by atoms with Crippen LogP contribution in [0.4, 0.5) is 5.82 Å². The molecule has 3 rings (SSSR count). The van der Waals surface area contributed by atoms with Gasteiger partial charge in [0.15, 0.2) is 0 Å². The van der Waals surface area contributed by atoms with Crippen molar-refractivity contribution in [3.8, 4) is 0 Å². The second kappa shape index (κ2) is 5.16. The van der Waals surface area contributed by atoms with E-state index in [9.17, 15) is 0 Å². The molecule has 2 unspecified atom stereocenters. The molecule has 0 radical (unpaired) electrons. The highest BCUT2D eigenvalue weighted by molar-refractivity contribution is 5.76. The lowest BCUT2D eigenvalue weighted by molar-refractivity contribution is 0.439. The Morgan fingerprint density at radius 1 is 1.16 bits per heavy atom. The molecular weight excluding hydrogens is 234 g/mol. The number of nitrogens with zero attached hydrogens (tertiary/aromatic N) is 2. The van der Waals surface area contributed by atoms with Crippen molar-refractivity contribution in [2.45, 2.75) is 33.1 Å². The number of hydrogen-bond donors (Lipinski definition) is 1. The van der Waals surface area contributed by atoms with Gasteiger partial charge in [-0.25, -0.2) is 9.97 Å². The van der Waals surface area contributed by atoms with Crippen LogP contribution in [0.25, 0.3) is 11.0 Å². The number of para-hydroxylation sites is 2. The van der Waals surface area contributed by atoms with E-state index in [2.05, 4.69) is 22.2 Å². The lowest BCUT2D eigenvalue weighted by Gasteiger charge is -2.17. The summed E-state index contributed by atoms with van der Waals surface area (Å²) in [6.45, 7) is 5.41. The van der Waals surface area contributed by atoms with E-state index in [0.29, 0.717) is 0 Å². The van der Waals surface area contributed by atoms with Crippen LogP contribution in [0.2, 0.25) is 0 Å². The molecule has 1 aliphatic carbocycles. The third kappa shape index (κ3) is 2.55. The third-order valence-electron chi connectivity index (χ3n) is 4.32. The maximum Gasteiger partial charge on any atom is 0.148 e. The average Bonchev–Trinajstić information content (AvgIpc) is 2.82. The van der Waals surface area contributed by atoms with E-state index in [-0.39, 0.29) is 0 Å². The maximum absolute atomic E-state index is 4.69. The summed E-state index contributed by atoms with van der Waals surface area (Å²) in [6.07, 6.45) is 4.08. The van der Waals surface area contributed by atoms with Crippen molar-refractivity contribution < 1.29 is 0 Å². The standard InChI is InChI=1S/C16H21N3/c1-11-6-5-7-13(11)10-17-16-12(2)18-14-8-3-4-9-15(14)19-16/h3-4,8-9,11,13H,5-7,10H2,1-2H3,(H,17,19). The van der Waals surface area contributed by atoms with Gasteiger partial charge in [0.05, 0.1) is 16.7 Å². The molecule has 2 aromatic rings. The highest BCUT2D eigenvalue weighted by Crippen LogP contribution is 2.31. The molecule has 2 atom stereocenters. The molecule has 0 spiro atoms. The van der Waals surface area contributed by atoms with Crippen molar-refractivity contribution >= 4 is 16.9 Å². The summed E-state index contributed by atoms with van der Waals surface area (Å²) < 4.78 is 0. The minimum Gasteiger partial charge on any atom is -0.368 e. The van der Waals surface area contributed by atoms with Crippen LogP contribution in [-0.4, -0.2) is 16.5 Å². The average molecular weight is 255 g/mol. The smallest absolute Gasteiger partial charge is 0.148 e. The van der Waals surface area contributed by atoms with Gasteiger partial charge in [-0.15, -0.1) is 0 Å². The van der Waals surface area contributed by atoms with Crippen molar-refractivity contribution in [2.75, 3.05) is 11.9 Å². The second-order valence-corrected chi connectivity index (χ2v) is 5.70. The normalized spacial score (nSPS) is 22.8. The van der Waals surface area contributed by atoms with Gasteiger partial charge in [0.1, 0.15) is 5.82 Å². The first-order valence-corrected chi connectivity index (χ1v) is 7.21. The van der Waals surface area contributed by atoms with Gasteiger partial charge in [-0.3, -0.25) is 0 Å². The zero-order valence-electron chi connectivity index (χ0n) is 11.7. The van der Waals surface area contributed by atoms with Gasteiger partial charge < -0.3 is 5.32 Å². The zero-order valence-corrected chi connectivity index (χ0v) is 11.7. The number of rotatable bonds is 3. The van der Waals surface area contributed by atoms with Gasteiger partial charge in [0.25, 0.3) is 0 Å². The predicted octanol–water partition coefficient (Wildman–Crippen LogP) is 3.79. The van der Waals surface area contributed by atoms with E-state index in [4.69, 9.17) is 0 Å². The van der Waals surface area contributed by atoms with Crippen LogP contribution in [0, 0.1) is 18.8 Å². The van der Waals surface area contributed by atoms with Crippen LogP contribution in [0.5, 0.6) is 0 Å². The Kier molecular flexibility index (Phi) is 3.36. The number of nitrogens with one attached hydrogen (secondary N) is 1. The summed E-state index contributed by atoms with van der Waals surface area (Å²) in [5.74, 6) is 2.56. The molecule has 1 saturated carbocycles. The minimum absolute atomic E-state index is 0.785. The van der Waals surface area contributed by atoms with Crippen LogP contribution in [-0.2, 0) is 0 Å². The zero-order chi connectivity index (χ0) is 13.2. The summed E-state index contributed by atoms with van der Waals surface area (Å²) in [6, 6.07) is 8.04. The summed E-state index contributed by atoms with van der Waals surface area (Å²) in [5, 5.41) is 3.50. The van der Waals surface area contributed by atoms with Crippen molar-refractivity contribution in [1.82, 2.24) is 9.97 Å². The first kappa shape index (κ1) is 12.4. The van der Waals surface area contributed by atoms with E-state index in [1.165, 1.54) is 19.3 Å². The lowest BCUT2D eigenvalue weighted by Crippen LogP contribution is -2.17. The van der Waals surface area contributed by atoms with Gasteiger partial charge in [-0.05, 0) is 37.3 Å². The lowest BCUT2D eigenvalue weighted by atomic mass is 9.98. The van der Waals surface area contributed by atoms with Crippen molar-refractivity contribution in [3.63, 3.8) is 0 Å². The van der Waals surface area contributed by atoms with E-state index >= 15 is 0 Å². The molecule has 1 aromatic heterocycles. The van der Waals surface area contributed by atoms with Crippen LogP contribution in [0.3, 0.4) is 0 Å². The van der Waals surface area contributed by atoms with Gasteiger partial charge in [0, 0.05) is 6.54 Å². The Balaban J connectivity index is 1.78. The number of fused-ring (bicyclic) bond motifs is 1. The van der Waals surface area contributed by atoms with E-state index in [1.807, 2.05) is 31.2 Å². The molecule has 1 N–H and O–H groups in total. The molecule has 1 aliphatic rings. The van der Waals surface area contributed by atoms with Crippen molar-refractivity contribution in [2.24, 2.45) is 11.8 Å². The Hall–Kier alpha value is -1.64. The SMILES string of the molecule is Cc1nc2ccccc2nc1NCC1CCCC1C. The summed E-state index contributed by atoms with van der Waals surface area (Å²) in [7, 11) is 0. The van der Waals surface area contributed by atoms with Gasteiger partial charge in [-0.1, -0.05) is 31.9 Å². The molecule has 3 heteroatoms. The van der Waals surface area contributed by atoms with E-state index in [0.717, 1.165) is 40.9 Å². The van der Waals surface area contributed by atoms with Gasteiger partial charge in [0.2, 0.25) is 0 Å². The summed E-state index contributed by atoms with van der Waals surface area (Å²) in [5.41, 5.74) is 2.93. The number of aryl methyl sites for hydroxylation is 1. The fraction of sp³-hybridized carbons (Fsp3) is 0.500. The number of benzene rings is 1. The molecule has 100 valence electrons. The monoisotopic (exact) mass is 255 g/mol. The van der Waals surface area contributed by atoms with Crippen molar-refractivity contribution in [1.29, 1.82) is 0 Å². The molecule has 0 aliphatic heterocycles. The topological polar surface area (TPSA) is 37.8 Å². The maximum atomic E-state index is 4.69. The van der Waals surface area contributed by atoms with Crippen LogP contribution in [0.1, 0.15) is 31.9 Å². The Bertz CT molecular complexity index is 579. The molecule has 0 saturated heterocycles. The molecule has 1 heterocycles. The number of hydrogen-bond acceptors (Lipinski definition) is 3. The fourth-order valence-electron chi connectivity index (χ4n) is 3.01. The molecule has 1 fully saturated rings. The first-order valence-electron chi connectivity index (χ1n) is 7.21. The largest absolute Gasteiger partial charge is 0.368 e. The van der Waals surface area contributed by atoms with Crippen LogP contribution < -0.4 is 5.32 Å². The van der Waals surface area contributed by atoms with Crippen LogP contribution >= 0.6 is 0 Å². The van der Waals surface area contributed by atoms with Crippen LogP contribution in [0.15, 0.2) is 24.3 Å². The fourth-order valence-corrected chi connectivity index (χ4v) is 3.01. The molecule has 3 nitrogen and oxygen atoms in total. The number of aromatic nitrogens is 2. The quantitative estimate of drug-likeness (QED) is 0.906. The molecule has 0 bridgehead atoms. The van der Waals surface area contributed by atoms with Crippen molar-refractivity contribution in [3.05, 3.63) is 30.0 Å². The molecular formula is C16H21N3. The highest BCUT2D eigenvalue weighted by atomic mass is 15.0. The molecule has 1 aromatic carbocycles. The van der Waals surface area contributed by atoms with E-state index in [1.54, 1.807) is 0 Å². The first-order chi connectivity index (χ1) is 9.24. The molecule has 19 heavy (non-hydrogen) atoms. The highest BCUT2D eigenvalue weighted by Gasteiger charge is 2.23. The van der Waals surface area contributed by atoms with Gasteiger partial charge >= 0.3 is 0 Å². The Morgan fingerprint density at radius 3 is 2.58 bits per heavy atom. The third-order valence-corrected chi connectivity index (χ3v) is 4.32. The Labute approximate surface area is 114 Å². The summed E-state index contributed by atoms with van der Waals surface area (Å²) >= 11 is 0. The molecule has 0 amide bonds.